The molecular formula is C19H19FN2OS. The van der Waals surface area contributed by atoms with E-state index in [1.54, 1.807) is 22.8 Å². The van der Waals surface area contributed by atoms with Crippen molar-refractivity contribution in [2.24, 2.45) is 5.92 Å². The summed E-state index contributed by atoms with van der Waals surface area (Å²) in [6.07, 6.45) is 0. The first-order chi connectivity index (χ1) is 11.6. The summed E-state index contributed by atoms with van der Waals surface area (Å²) in [6.45, 7) is 4.72. The smallest absolute Gasteiger partial charge is 0.262 e. The van der Waals surface area contributed by atoms with Crippen LogP contribution in [0, 0.1) is 11.7 Å². The molecule has 0 aliphatic rings. The number of para-hydroxylation sites is 1. The molecule has 2 aromatic carbocycles. The molecule has 124 valence electrons. The third-order valence-corrected chi connectivity index (χ3v) is 4.71. The molecule has 0 unspecified atom stereocenters. The number of halogens is 1. The van der Waals surface area contributed by atoms with Crippen LogP contribution in [0.2, 0.25) is 0 Å². The molecule has 1 heterocycles. The second-order valence-electron chi connectivity index (χ2n) is 6.10. The van der Waals surface area contributed by atoms with Crippen LogP contribution in [0.25, 0.3) is 10.9 Å². The Labute approximate surface area is 144 Å². The van der Waals surface area contributed by atoms with Gasteiger partial charge in [-0.05, 0) is 29.7 Å². The molecule has 0 aliphatic heterocycles. The first kappa shape index (κ1) is 16.7. The third kappa shape index (κ3) is 3.51. The topological polar surface area (TPSA) is 34.9 Å². The maximum Gasteiger partial charge on any atom is 0.262 e. The Hall–Kier alpha value is -2.14. The zero-order valence-electron chi connectivity index (χ0n) is 13.7. The molecule has 0 saturated carbocycles. The molecule has 1 aromatic heterocycles. The quantitative estimate of drug-likeness (QED) is 0.506. The predicted octanol–water partition coefficient (Wildman–Crippen LogP) is 4.48. The molecule has 0 atom stereocenters. The van der Waals surface area contributed by atoms with Gasteiger partial charge in [0.1, 0.15) is 5.82 Å². The summed E-state index contributed by atoms with van der Waals surface area (Å²) in [5, 5.41) is 1.25. The van der Waals surface area contributed by atoms with Crippen molar-refractivity contribution in [2.75, 3.05) is 0 Å². The van der Waals surface area contributed by atoms with E-state index in [1.165, 1.54) is 17.8 Å². The van der Waals surface area contributed by atoms with Gasteiger partial charge in [0.25, 0.3) is 5.56 Å². The predicted molar refractivity (Wildman–Crippen MR) is 96.8 cm³/mol. The fourth-order valence-corrected chi connectivity index (χ4v) is 3.54. The van der Waals surface area contributed by atoms with Crippen molar-refractivity contribution < 1.29 is 4.39 Å². The van der Waals surface area contributed by atoms with E-state index in [2.05, 4.69) is 18.8 Å². The third-order valence-electron chi connectivity index (χ3n) is 3.69. The van der Waals surface area contributed by atoms with Crippen molar-refractivity contribution in [1.82, 2.24) is 9.55 Å². The molecule has 0 fully saturated rings. The van der Waals surface area contributed by atoms with E-state index in [0.717, 1.165) is 0 Å². The maximum absolute atomic E-state index is 13.8. The van der Waals surface area contributed by atoms with E-state index in [0.29, 0.717) is 39.8 Å². The summed E-state index contributed by atoms with van der Waals surface area (Å²) >= 11 is 1.40. The highest BCUT2D eigenvalue weighted by Gasteiger charge is 2.13. The van der Waals surface area contributed by atoms with Crippen LogP contribution >= 0.6 is 11.8 Å². The number of nitrogens with zero attached hydrogens (tertiary/aromatic N) is 2. The number of aromatic nitrogens is 2. The summed E-state index contributed by atoms with van der Waals surface area (Å²) in [5.41, 5.74) is 1.25. The number of benzene rings is 2. The van der Waals surface area contributed by atoms with Gasteiger partial charge in [0.05, 0.1) is 10.9 Å². The fraction of sp³-hybridized carbons (Fsp3) is 0.263. The zero-order valence-corrected chi connectivity index (χ0v) is 14.5. The minimum atomic E-state index is -0.233. The second-order valence-corrected chi connectivity index (χ2v) is 7.04. The van der Waals surface area contributed by atoms with E-state index in [1.807, 2.05) is 24.3 Å². The fourth-order valence-electron chi connectivity index (χ4n) is 2.54. The Balaban J connectivity index is 2.02. The second kappa shape index (κ2) is 7.18. The molecule has 0 spiro atoms. The lowest BCUT2D eigenvalue weighted by Gasteiger charge is -2.15. The SMILES string of the molecule is CC(C)Cn1c(SCc2ccccc2F)nc2ccccc2c1=O. The molecule has 0 N–H and O–H groups in total. The minimum absolute atomic E-state index is 0.0367. The molecule has 3 nitrogen and oxygen atoms in total. The van der Waals surface area contributed by atoms with Crippen LogP contribution in [-0.2, 0) is 12.3 Å². The molecule has 0 saturated heterocycles. The lowest BCUT2D eigenvalue weighted by molar-refractivity contribution is 0.475. The lowest BCUT2D eigenvalue weighted by atomic mass is 10.2. The largest absolute Gasteiger partial charge is 0.287 e. The Morgan fingerprint density at radius 1 is 1.12 bits per heavy atom. The molecule has 0 amide bonds. The van der Waals surface area contributed by atoms with Crippen molar-refractivity contribution in [1.29, 1.82) is 0 Å². The van der Waals surface area contributed by atoms with E-state index >= 15 is 0 Å². The van der Waals surface area contributed by atoms with Crippen molar-refractivity contribution in [2.45, 2.75) is 31.3 Å². The first-order valence-corrected chi connectivity index (χ1v) is 8.90. The minimum Gasteiger partial charge on any atom is -0.287 e. The number of thioether (sulfide) groups is 1. The molecule has 3 rings (SSSR count). The summed E-state index contributed by atoms with van der Waals surface area (Å²) in [6, 6.07) is 14.0. The number of hydrogen-bond acceptors (Lipinski definition) is 3. The Morgan fingerprint density at radius 3 is 2.58 bits per heavy atom. The molecule has 5 heteroatoms. The van der Waals surface area contributed by atoms with Gasteiger partial charge < -0.3 is 0 Å². The van der Waals surface area contributed by atoms with Crippen molar-refractivity contribution in [3.8, 4) is 0 Å². The summed E-state index contributed by atoms with van der Waals surface area (Å²) in [7, 11) is 0. The van der Waals surface area contributed by atoms with Gasteiger partial charge in [-0.2, -0.15) is 0 Å². The lowest BCUT2D eigenvalue weighted by Crippen LogP contribution is -2.25. The van der Waals surface area contributed by atoms with Crippen LogP contribution in [0.3, 0.4) is 0 Å². The summed E-state index contributed by atoms with van der Waals surface area (Å²) in [4.78, 5) is 17.4. The average Bonchev–Trinajstić information content (AvgIpc) is 2.57. The van der Waals surface area contributed by atoms with Crippen molar-refractivity contribution >= 4 is 22.7 Å². The normalized spacial score (nSPS) is 11.3. The van der Waals surface area contributed by atoms with Crippen molar-refractivity contribution in [3.05, 3.63) is 70.3 Å². The van der Waals surface area contributed by atoms with Gasteiger partial charge in [0, 0.05) is 12.3 Å². The van der Waals surface area contributed by atoms with Crippen LogP contribution < -0.4 is 5.56 Å². The van der Waals surface area contributed by atoms with Crippen LogP contribution in [0.1, 0.15) is 19.4 Å². The van der Waals surface area contributed by atoms with Crippen molar-refractivity contribution in [3.63, 3.8) is 0 Å². The van der Waals surface area contributed by atoms with Crippen LogP contribution in [0.15, 0.2) is 58.5 Å². The van der Waals surface area contributed by atoms with E-state index in [-0.39, 0.29) is 11.4 Å². The van der Waals surface area contributed by atoms with Gasteiger partial charge in [0.15, 0.2) is 5.16 Å². The van der Waals surface area contributed by atoms with Crippen LogP contribution in [0.5, 0.6) is 0 Å². The highest BCUT2D eigenvalue weighted by Crippen LogP contribution is 2.24. The van der Waals surface area contributed by atoms with Gasteiger partial charge in [-0.3, -0.25) is 9.36 Å². The zero-order chi connectivity index (χ0) is 17.1. The van der Waals surface area contributed by atoms with E-state index in [4.69, 9.17) is 0 Å². The highest BCUT2D eigenvalue weighted by atomic mass is 32.2. The van der Waals surface area contributed by atoms with Gasteiger partial charge in [-0.15, -0.1) is 0 Å². The molecular weight excluding hydrogens is 323 g/mol. The van der Waals surface area contributed by atoms with Gasteiger partial charge in [-0.1, -0.05) is 55.9 Å². The van der Waals surface area contributed by atoms with Crippen LogP contribution in [-0.4, -0.2) is 9.55 Å². The van der Waals surface area contributed by atoms with E-state index in [9.17, 15) is 9.18 Å². The van der Waals surface area contributed by atoms with Crippen LogP contribution in [0.4, 0.5) is 4.39 Å². The number of fused-ring (bicyclic) bond motifs is 1. The molecule has 0 bridgehead atoms. The first-order valence-electron chi connectivity index (χ1n) is 7.92. The molecule has 3 aromatic rings. The Kier molecular flexibility index (Phi) is 5.00. The number of hydrogen-bond donors (Lipinski definition) is 0. The van der Waals surface area contributed by atoms with Gasteiger partial charge in [0.2, 0.25) is 0 Å². The molecule has 24 heavy (non-hydrogen) atoms. The van der Waals surface area contributed by atoms with Gasteiger partial charge in [-0.25, -0.2) is 9.37 Å². The summed E-state index contributed by atoms with van der Waals surface area (Å²) < 4.78 is 15.5. The van der Waals surface area contributed by atoms with E-state index < -0.39 is 0 Å². The molecule has 0 radical (unpaired) electrons. The highest BCUT2D eigenvalue weighted by molar-refractivity contribution is 7.98. The Morgan fingerprint density at radius 2 is 1.83 bits per heavy atom. The average molecular weight is 342 g/mol. The Bertz CT molecular complexity index is 921. The van der Waals surface area contributed by atoms with Gasteiger partial charge >= 0.3 is 0 Å². The standard InChI is InChI=1S/C19H19FN2OS/c1-13(2)11-22-18(23)15-8-4-6-10-17(15)21-19(22)24-12-14-7-3-5-9-16(14)20/h3-10,13H,11-12H2,1-2H3. The number of rotatable bonds is 5. The summed E-state index contributed by atoms with van der Waals surface area (Å²) in [5.74, 6) is 0.525. The molecule has 0 aliphatic carbocycles. The maximum atomic E-state index is 13.8. The monoisotopic (exact) mass is 342 g/mol.